The largest absolute Gasteiger partial charge is 0.450 e. The minimum Gasteiger partial charge on any atom is -0.450 e. The van der Waals surface area contributed by atoms with Crippen molar-refractivity contribution in [3.05, 3.63) is 55.3 Å². The number of hydrogen-bond acceptors (Lipinski definition) is 5. The molecule has 2 aliphatic rings. The molecule has 1 aromatic carbocycles. The lowest BCUT2D eigenvalue weighted by Gasteiger charge is -2.19. The van der Waals surface area contributed by atoms with Gasteiger partial charge in [-0.05, 0) is 58.7 Å². The summed E-state index contributed by atoms with van der Waals surface area (Å²) in [6.07, 6.45) is 3.84. The van der Waals surface area contributed by atoms with E-state index in [1.807, 2.05) is 36.4 Å². The van der Waals surface area contributed by atoms with Gasteiger partial charge in [-0.1, -0.05) is 18.2 Å². The first-order valence-corrected chi connectivity index (χ1v) is 11.2. The number of thioether (sulfide) groups is 1. The summed E-state index contributed by atoms with van der Waals surface area (Å²) in [6, 6.07) is 11.5. The van der Waals surface area contributed by atoms with E-state index in [9.17, 15) is 4.79 Å². The van der Waals surface area contributed by atoms with Crippen LogP contribution in [0.3, 0.4) is 0 Å². The second-order valence-corrected chi connectivity index (χ2v) is 9.00. The lowest BCUT2D eigenvalue weighted by Crippen LogP contribution is -2.36. The van der Waals surface area contributed by atoms with Gasteiger partial charge >= 0.3 is 0 Å². The van der Waals surface area contributed by atoms with E-state index < -0.39 is 0 Å². The van der Waals surface area contributed by atoms with Crippen molar-refractivity contribution in [2.75, 3.05) is 13.2 Å². The molecular weight excluding hydrogens is 543 g/mol. The number of amides is 1. The van der Waals surface area contributed by atoms with Gasteiger partial charge in [-0.2, -0.15) is 0 Å². The highest BCUT2D eigenvalue weighted by Gasteiger charge is 2.36. The Labute approximate surface area is 183 Å². The normalized spacial score (nSPS) is 23.1. The van der Waals surface area contributed by atoms with Crippen LogP contribution in [0.5, 0.6) is 0 Å². The fourth-order valence-electron chi connectivity index (χ4n) is 2.92. The molecule has 1 aromatic heterocycles. The minimum atomic E-state index is -0.0623. The monoisotopic (exact) mass is 558 g/mol. The van der Waals surface area contributed by atoms with Crippen LogP contribution >= 0.6 is 50.3 Å². The van der Waals surface area contributed by atoms with Crippen molar-refractivity contribution in [2.45, 2.75) is 18.9 Å². The van der Waals surface area contributed by atoms with Crippen molar-refractivity contribution in [1.29, 1.82) is 0 Å². The van der Waals surface area contributed by atoms with Crippen LogP contribution in [0.25, 0.3) is 6.08 Å². The summed E-state index contributed by atoms with van der Waals surface area (Å²) in [6.45, 7) is 1.28. The molecular formula is C19H16BrIN2O3S. The number of aliphatic imine (C=N–C) groups is 1. The Kier molecular flexibility index (Phi) is 6.05. The topological polar surface area (TPSA) is 55.0 Å². The van der Waals surface area contributed by atoms with Gasteiger partial charge in [-0.15, -0.1) is 0 Å². The number of ether oxygens (including phenoxy) is 1. The van der Waals surface area contributed by atoms with Crippen LogP contribution in [-0.2, 0) is 9.53 Å². The molecule has 0 bridgehead atoms. The summed E-state index contributed by atoms with van der Waals surface area (Å²) in [5.41, 5.74) is 0.821. The number of carbonyl (C=O) groups is 1. The van der Waals surface area contributed by atoms with Gasteiger partial charge in [0.15, 0.2) is 8.93 Å². The number of hydrogen-bond donors (Lipinski definition) is 0. The average Bonchev–Trinajstić information content (AvgIpc) is 3.35. The van der Waals surface area contributed by atoms with Crippen LogP contribution in [-0.4, -0.2) is 35.2 Å². The molecule has 1 unspecified atom stereocenters. The van der Waals surface area contributed by atoms with Gasteiger partial charge in [0.25, 0.3) is 5.91 Å². The maximum atomic E-state index is 13.0. The Bertz CT molecular complexity index is 887. The summed E-state index contributed by atoms with van der Waals surface area (Å²) < 4.78 is 13.0. The minimum absolute atomic E-state index is 0.0623. The van der Waals surface area contributed by atoms with Gasteiger partial charge < -0.3 is 9.15 Å². The second kappa shape index (κ2) is 8.50. The van der Waals surface area contributed by atoms with Gasteiger partial charge in [0.2, 0.25) is 0 Å². The Morgan fingerprint density at radius 3 is 2.85 bits per heavy atom. The number of benzene rings is 1. The summed E-state index contributed by atoms with van der Waals surface area (Å²) in [4.78, 5) is 20.1. The zero-order valence-corrected chi connectivity index (χ0v) is 18.8. The predicted molar refractivity (Wildman–Crippen MR) is 119 cm³/mol. The number of amidine groups is 1. The fourth-order valence-corrected chi connectivity index (χ4v) is 4.63. The number of halogens is 2. The molecule has 5 nitrogen and oxygen atoms in total. The fraction of sp³-hybridized carbons (Fsp3) is 0.263. The van der Waals surface area contributed by atoms with E-state index >= 15 is 0 Å². The summed E-state index contributed by atoms with van der Waals surface area (Å²) >= 11 is 6.91. The number of para-hydroxylation sites is 1. The SMILES string of the molecule is O=C1C(=Cc2cc(Br)c(I)o2)SC(=Nc2ccccc2)N1CC1CCCO1. The molecule has 3 heterocycles. The van der Waals surface area contributed by atoms with E-state index in [1.54, 1.807) is 11.0 Å². The molecule has 140 valence electrons. The van der Waals surface area contributed by atoms with Gasteiger partial charge in [-0.3, -0.25) is 9.69 Å². The molecule has 0 N–H and O–H groups in total. The number of carbonyl (C=O) groups excluding carboxylic acids is 1. The van der Waals surface area contributed by atoms with Crippen LogP contribution in [0.15, 0.2) is 55.2 Å². The molecule has 2 saturated heterocycles. The smallest absolute Gasteiger partial charge is 0.266 e. The molecule has 0 spiro atoms. The third kappa shape index (κ3) is 4.49. The third-order valence-electron chi connectivity index (χ3n) is 4.22. The van der Waals surface area contributed by atoms with E-state index in [-0.39, 0.29) is 12.0 Å². The van der Waals surface area contributed by atoms with Crippen molar-refractivity contribution in [3.8, 4) is 0 Å². The zero-order valence-electron chi connectivity index (χ0n) is 14.2. The number of furan rings is 1. The van der Waals surface area contributed by atoms with Crippen molar-refractivity contribution >= 4 is 73.1 Å². The lowest BCUT2D eigenvalue weighted by molar-refractivity contribution is -0.123. The molecule has 2 fully saturated rings. The van der Waals surface area contributed by atoms with Gasteiger partial charge in [0.1, 0.15) is 5.76 Å². The first-order chi connectivity index (χ1) is 13.1. The van der Waals surface area contributed by atoms with Crippen LogP contribution in [0, 0.1) is 3.77 Å². The van der Waals surface area contributed by atoms with Crippen molar-refractivity contribution in [2.24, 2.45) is 4.99 Å². The first-order valence-electron chi connectivity index (χ1n) is 8.52. The molecule has 2 aromatic rings. The maximum Gasteiger partial charge on any atom is 0.266 e. The number of rotatable bonds is 4. The molecule has 8 heteroatoms. The van der Waals surface area contributed by atoms with Crippen LogP contribution in [0.2, 0.25) is 0 Å². The Balaban J connectivity index is 1.65. The van der Waals surface area contributed by atoms with Crippen LogP contribution < -0.4 is 0 Å². The summed E-state index contributed by atoms with van der Waals surface area (Å²) in [7, 11) is 0. The molecule has 1 atom stereocenters. The third-order valence-corrected chi connectivity index (χ3v) is 7.35. The molecule has 0 aliphatic carbocycles. The molecule has 0 saturated carbocycles. The van der Waals surface area contributed by atoms with Gasteiger partial charge in [0.05, 0.1) is 27.7 Å². The molecule has 0 radical (unpaired) electrons. The first kappa shape index (κ1) is 19.2. The molecule has 27 heavy (non-hydrogen) atoms. The molecule has 4 rings (SSSR count). The van der Waals surface area contributed by atoms with E-state index in [0.29, 0.717) is 22.4 Å². The Morgan fingerprint density at radius 1 is 1.37 bits per heavy atom. The predicted octanol–water partition coefficient (Wildman–Crippen LogP) is 5.43. The Hall–Kier alpha value is -1.10. The second-order valence-electron chi connectivity index (χ2n) is 6.16. The van der Waals surface area contributed by atoms with E-state index in [0.717, 1.165) is 33.4 Å². The summed E-state index contributed by atoms with van der Waals surface area (Å²) in [5, 5.41) is 0.674. The standard InChI is InChI=1S/C19H16BrIN2O3S/c20-15-9-14(26-17(15)21)10-16-18(24)23(11-13-7-4-8-25-13)19(27-16)22-12-5-2-1-3-6-12/h1-3,5-6,9-10,13H,4,7-8,11H2. The molecule has 2 aliphatic heterocycles. The van der Waals surface area contributed by atoms with Crippen molar-refractivity contribution in [3.63, 3.8) is 0 Å². The van der Waals surface area contributed by atoms with E-state index in [4.69, 9.17) is 14.1 Å². The summed E-state index contributed by atoms with van der Waals surface area (Å²) in [5.74, 6) is 0.577. The lowest BCUT2D eigenvalue weighted by atomic mass is 10.2. The average molecular weight is 559 g/mol. The maximum absolute atomic E-state index is 13.0. The highest BCUT2D eigenvalue weighted by Crippen LogP contribution is 2.36. The molecule has 1 amide bonds. The quantitative estimate of drug-likeness (QED) is 0.371. The van der Waals surface area contributed by atoms with E-state index in [1.165, 1.54) is 11.8 Å². The van der Waals surface area contributed by atoms with Crippen LogP contribution in [0.4, 0.5) is 5.69 Å². The Morgan fingerprint density at radius 2 is 2.19 bits per heavy atom. The highest BCUT2D eigenvalue weighted by atomic mass is 127. The van der Waals surface area contributed by atoms with Gasteiger partial charge in [-0.25, -0.2) is 4.99 Å². The van der Waals surface area contributed by atoms with E-state index in [2.05, 4.69) is 38.5 Å². The highest BCUT2D eigenvalue weighted by molar-refractivity contribution is 14.1. The van der Waals surface area contributed by atoms with Gasteiger partial charge in [0, 0.05) is 35.3 Å². The number of nitrogens with zero attached hydrogens (tertiary/aromatic N) is 2. The van der Waals surface area contributed by atoms with Crippen molar-refractivity contribution < 1.29 is 13.9 Å². The van der Waals surface area contributed by atoms with Crippen molar-refractivity contribution in [1.82, 2.24) is 4.90 Å². The zero-order chi connectivity index (χ0) is 18.8. The van der Waals surface area contributed by atoms with Crippen LogP contribution in [0.1, 0.15) is 18.6 Å².